The second-order valence-corrected chi connectivity index (χ2v) is 12.2. The van der Waals surface area contributed by atoms with Gasteiger partial charge in [-0.1, -0.05) is 162 Å². The zero-order valence-corrected chi connectivity index (χ0v) is 25.5. The van der Waals surface area contributed by atoms with Gasteiger partial charge >= 0.3 is 0 Å². The van der Waals surface area contributed by atoms with Crippen LogP contribution in [0.25, 0.3) is 0 Å². The molecule has 212 valence electrons. The van der Waals surface area contributed by atoms with Crippen molar-refractivity contribution in [2.24, 2.45) is 11.8 Å². The minimum absolute atomic E-state index is 0.120. The van der Waals surface area contributed by atoms with Crippen LogP contribution in [0.5, 0.6) is 0 Å². The summed E-state index contributed by atoms with van der Waals surface area (Å²) >= 11 is 0. The lowest BCUT2D eigenvalue weighted by Gasteiger charge is -2.42. The van der Waals surface area contributed by atoms with Gasteiger partial charge in [0.15, 0.2) is 0 Å². The largest absolute Gasteiger partial charge is 0.268 e. The normalized spacial score (nSPS) is 13.1. The molecule has 2 nitrogen and oxygen atoms in total. The van der Waals surface area contributed by atoms with Crippen LogP contribution in [-0.4, -0.2) is 17.1 Å². The first kappa shape index (κ1) is 34.9. The van der Waals surface area contributed by atoms with E-state index in [-0.39, 0.29) is 5.54 Å². The Bertz CT molecular complexity index is 406. The van der Waals surface area contributed by atoms with Crippen LogP contribution in [0.15, 0.2) is 0 Å². The molecule has 0 saturated carbocycles. The molecular formula is C33H70N2. The lowest BCUT2D eigenvalue weighted by Crippen LogP contribution is -2.53. The van der Waals surface area contributed by atoms with E-state index in [2.05, 4.69) is 39.6 Å². The van der Waals surface area contributed by atoms with Gasteiger partial charge in [0.25, 0.3) is 0 Å². The molecule has 0 spiro atoms. The lowest BCUT2D eigenvalue weighted by molar-refractivity contribution is 0.0502. The second-order valence-electron chi connectivity index (χ2n) is 12.2. The van der Waals surface area contributed by atoms with Crippen molar-refractivity contribution in [3.8, 4) is 0 Å². The van der Waals surface area contributed by atoms with Gasteiger partial charge < -0.3 is 0 Å². The summed E-state index contributed by atoms with van der Waals surface area (Å²) in [5.41, 5.74) is 0.120. The predicted molar refractivity (Wildman–Crippen MR) is 161 cm³/mol. The van der Waals surface area contributed by atoms with Gasteiger partial charge in [-0.3, -0.25) is 5.84 Å². The first-order chi connectivity index (χ1) is 17.0. The number of unbranched alkanes of at least 4 members (excludes halogenated alkanes) is 20. The molecule has 2 N–H and O–H groups in total. The maximum atomic E-state index is 6.53. The van der Waals surface area contributed by atoms with Crippen molar-refractivity contribution < 1.29 is 0 Å². The summed E-state index contributed by atoms with van der Waals surface area (Å²) in [5, 5.41) is 2.15. The number of hydrogen-bond acceptors (Lipinski definition) is 2. The van der Waals surface area contributed by atoms with E-state index >= 15 is 0 Å². The van der Waals surface area contributed by atoms with Crippen LogP contribution in [0.1, 0.15) is 195 Å². The molecule has 0 fully saturated rings. The third-order valence-corrected chi connectivity index (χ3v) is 8.52. The molecule has 0 aromatic heterocycles. The molecule has 0 aliphatic heterocycles. The van der Waals surface area contributed by atoms with E-state index in [1.807, 2.05) is 0 Å². The zero-order valence-electron chi connectivity index (χ0n) is 25.5. The van der Waals surface area contributed by atoms with E-state index in [4.69, 9.17) is 5.84 Å². The summed E-state index contributed by atoms with van der Waals surface area (Å²) in [6, 6.07) is 0. The standard InChI is InChI=1S/C33H70N2/c1-6-9-11-13-15-16-17-18-19-20-21-22-23-24-26-28-30-32(29-27-25-14-12-10-7-2)33(4,5)35(34)31-8-3/h32H,6-31,34H2,1-5H3. The molecule has 0 aromatic rings. The van der Waals surface area contributed by atoms with E-state index in [9.17, 15) is 0 Å². The van der Waals surface area contributed by atoms with Crippen molar-refractivity contribution in [1.82, 2.24) is 5.01 Å². The Labute approximate surface area is 223 Å². The number of hydrazine groups is 1. The number of nitrogens with two attached hydrogens (primary N) is 1. The number of nitrogens with zero attached hydrogens (tertiary/aromatic N) is 1. The fourth-order valence-corrected chi connectivity index (χ4v) is 5.72. The van der Waals surface area contributed by atoms with Crippen molar-refractivity contribution in [2.45, 2.75) is 201 Å². The lowest BCUT2D eigenvalue weighted by atomic mass is 9.79. The molecule has 0 saturated heterocycles. The highest BCUT2D eigenvalue weighted by Crippen LogP contribution is 2.32. The third-order valence-electron chi connectivity index (χ3n) is 8.52. The molecule has 0 radical (unpaired) electrons. The van der Waals surface area contributed by atoms with E-state index < -0.39 is 0 Å². The smallest absolute Gasteiger partial charge is 0.0323 e. The van der Waals surface area contributed by atoms with Gasteiger partial charge in [-0.15, -0.1) is 0 Å². The minimum atomic E-state index is 0.120. The van der Waals surface area contributed by atoms with E-state index in [1.165, 1.54) is 154 Å². The Kier molecular flexibility index (Phi) is 25.5. The predicted octanol–water partition coefficient (Wildman–Crippen LogP) is 11.4. The fraction of sp³-hybridized carbons (Fsp3) is 1.00. The Hall–Kier alpha value is -0.0800. The van der Waals surface area contributed by atoms with Crippen LogP contribution in [0.2, 0.25) is 0 Å². The monoisotopic (exact) mass is 495 g/mol. The average Bonchev–Trinajstić information content (AvgIpc) is 2.84. The van der Waals surface area contributed by atoms with Crippen LogP contribution in [0.3, 0.4) is 0 Å². The quantitative estimate of drug-likeness (QED) is 0.0665. The first-order valence-corrected chi connectivity index (χ1v) is 16.5. The molecule has 0 aliphatic carbocycles. The van der Waals surface area contributed by atoms with Gasteiger partial charge in [0, 0.05) is 12.1 Å². The summed E-state index contributed by atoms with van der Waals surface area (Å²) < 4.78 is 0. The first-order valence-electron chi connectivity index (χ1n) is 16.5. The van der Waals surface area contributed by atoms with Crippen molar-refractivity contribution in [3.63, 3.8) is 0 Å². The number of rotatable bonds is 28. The van der Waals surface area contributed by atoms with E-state index in [0.717, 1.165) is 18.9 Å². The van der Waals surface area contributed by atoms with Gasteiger partial charge in [-0.2, -0.15) is 0 Å². The van der Waals surface area contributed by atoms with Crippen LogP contribution in [0.4, 0.5) is 0 Å². The molecule has 0 rings (SSSR count). The molecule has 35 heavy (non-hydrogen) atoms. The molecule has 1 atom stereocenters. The summed E-state index contributed by atoms with van der Waals surface area (Å²) in [6.45, 7) is 12.7. The minimum Gasteiger partial charge on any atom is -0.268 e. The second kappa shape index (κ2) is 25.6. The molecule has 2 heteroatoms. The van der Waals surface area contributed by atoms with Crippen molar-refractivity contribution in [2.75, 3.05) is 6.54 Å². The highest BCUT2D eigenvalue weighted by Gasteiger charge is 2.32. The molecule has 0 aliphatic rings. The Morgan fingerprint density at radius 3 is 1.03 bits per heavy atom. The maximum absolute atomic E-state index is 6.53. The molecular weight excluding hydrogens is 424 g/mol. The topological polar surface area (TPSA) is 29.3 Å². The van der Waals surface area contributed by atoms with E-state index in [1.54, 1.807) is 0 Å². The Morgan fingerprint density at radius 2 is 0.743 bits per heavy atom. The van der Waals surface area contributed by atoms with Gasteiger partial charge in [-0.05, 0) is 39.0 Å². The summed E-state index contributed by atoms with van der Waals surface area (Å²) in [6.07, 6.45) is 35.4. The maximum Gasteiger partial charge on any atom is 0.0323 e. The van der Waals surface area contributed by atoms with Crippen molar-refractivity contribution >= 4 is 0 Å². The summed E-state index contributed by atoms with van der Waals surface area (Å²) in [7, 11) is 0. The van der Waals surface area contributed by atoms with Crippen molar-refractivity contribution in [3.05, 3.63) is 0 Å². The highest BCUT2D eigenvalue weighted by molar-refractivity contribution is 4.86. The molecule has 0 heterocycles. The summed E-state index contributed by atoms with van der Waals surface area (Å²) in [5.74, 6) is 7.26. The molecule has 0 amide bonds. The van der Waals surface area contributed by atoms with Gasteiger partial charge in [-0.25, -0.2) is 5.01 Å². The van der Waals surface area contributed by atoms with Gasteiger partial charge in [0.2, 0.25) is 0 Å². The summed E-state index contributed by atoms with van der Waals surface area (Å²) in [4.78, 5) is 0. The number of hydrogen-bond donors (Lipinski definition) is 1. The van der Waals surface area contributed by atoms with Crippen LogP contribution >= 0.6 is 0 Å². The van der Waals surface area contributed by atoms with E-state index in [0.29, 0.717) is 0 Å². The van der Waals surface area contributed by atoms with Gasteiger partial charge in [0.1, 0.15) is 0 Å². The van der Waals surface area contributed by atoms with Crippen molar-refractivity contribution in [1.29, 1.82) is 0 Å². The zero-order chi connectivity index (χ0) is 26.0. The molecule has 0 bridgehead atoms. The Morgan fingerprint density at radius 1 is 0.457 bits per heavy atom. The molecule has 1 unspecified atom stereocenters. The molecule has 0 aromatic carbocycles. The highest BCUT2D eigenvalue weighted by atomic mass is 15.4. The Balaban J connectivity index is 3.89. The van der Waals surface area contributed by atoms with Crippen LogP contribution < -0.4 is 5.84 Å². The third kappa shape index (κ3) is 20.6. The SMILES string of the molecule is CCCCCCCCCCCCCCCCCCC(CCCCCCCC)C(C)(C)N(N)CCC. The van der Waals surface area contributed by atoms with Crippen LogP contribution in [-0.2, 0) is 0 Å². The van der Waals surface area contributed by atoms with Crippen LogP contribution in [0, 0.1) is 5.92 Å². The van der Waals surface area contributed by atoms with Gasteiger partial charge in [0.05, 0.1) is 0 Å². The fourth-order valence-electron chi connectivity index (χ4n) is 5.72. The average molecular weight is 495 g/mol.